The Kier molecular flexibility index (Phi) is 3.26. The molecular formula is C12H9N3OS. The van der Waals surface area contributed by atoms with E-state index in [-0.39, 0.29) is 11.1 Å². The highest BCUT2D eigenvalue weighted by atomic mass is 32.2. The van der Waals surface area contributed by atoms with Crippen molar-refractivity contribution in [1.29, 1.82) is 5.26 Å². The molecule has 2 aromatic heterocycles. The normalized spacial score (nSPS) is 9.88. The monoisotopic (exact) mass is 243 g/mol. The molecule has 0 aliphatic heterocycles. The molecule has 0 unspecified atom stereocenters. The summed E-state index contributed by atoms with van der Waals surface area (Å²) in [7, 11) is 0. The number of hydrogen-bond donors (Lipinski definition) is 1. The number of rotatable bonds is 2. The highest BCUT2D eigenvalue weighted by Gasteiger charge is 2.09. The molecular weight excluding hydrogens is 234 g/mol. The smallest absolute Gasteiger partial charge is 0.267 e. The van der Waals surface area contributed by atoms with Gasteiger partial charge in [0.15, 0.2) is 0 Å². The van der Waals surface area contributed by atoms with E-state index < -0.39 is 0 Å². The molecule has 84 valence electrons. The van der Waals surface area contributed by atoms with Crippen LogP contribution in [0.5, 0.6) is 0 Å². The van der Waals surface area contributed by atoms with Crippen LogP contribution in [0.2, 0.25) is 0 Å². The third-order valence-electron chi connectivity index (χ3n) is 2.27. The first kappa shape index (κ1) is 11.4. The maximum atomic E-state index is 11.7. The highest BCUT2D eigenvalue weighted by molar-refractivity contribution is 7.98. The van der Waals surface area contributed by atoms with Crippen molar-refractivity contribution in [3.63, 3.8) is 0 Å². The molecule has 2 aromatic rings. The van der Waals surface area contributed by atoms with E-state index in [0.717, 1.165) is 0 Å². The van der Waals surface area contributed by atoms with Gasteiger partial charge in [0.1, 0.15) is 11.6 Å². The first-order valence-electron chi connectivity index (χ1n) is 4.89. The summed E-state index contributed by atoms with van der Waals surface area (Å²) in [5.41, 5.74) is 1.08. The molecule has 0 saturated carbocycles. The maximum Gasteiger partial charge on any atom is 0.267 e. The predicted molar refractivity (Wildman–Crippen MR) is 66.8 cm³/mol. The second-order valence-electron chi connectivity index (χ2n) is 3.28. The Morgan fingerprint density at radius 2 is 2.29 bits per heavy atom. The minimum atomic E-state index is -0.375. The topological polar surface area (TPSA) is 69.5 Å². The van der Waals surface area contributed by atoms with Gasteiger partial charge in [-0.2, -0.15) is 5.26 Å². The third kappa shape index (κ3) is 2.22. The molecule has 5 heteroatoms. The van der Waals surface area contributed by atoms with Crippen molar-refractivity contribution in [2.24, 2.45) is 0 Å². The molecule has 2 rings (SSSR count). The van der Waals surface area contributed by atoms with Crippen LogP contribution >= 0.6 is 11.8 Å². The molecule has 0 aliphatic carbocycles. The van der Waals surface area contributed by atoms with Gasteiger partial charge >= 0.3 is 0 Å². The molecule has 0 fully saturated rings. The van der Waals surface area contributed by atoms with Gasteiger partial charge in [0, 0.05) is 11.1 Å². The predicted octanol–water partition coefficient (Wildman–Crippen LogP) is 2.03. The zero-order valence-electron chi connectivity index (χ0n) is 9.10. The number of nitrogens with zero attached hydrogens (tertiary/aromatic N) is 2. The Morgan fingerprint density at radius 1 is 1.47 bits per heavy atom. The van der Waals surface area contributed by atoms with Gasteiger partial charge in [0.2, 0.25) is 0 Å². The number of hydrogen-bond acceptors (Lipinski definition) is 4. The molecule has 0 radical (unpaired) electrons. The number of aromatic nitrogens is 2. The summed E-state index contributed by atoms with van der Waals surface area (Å²) >= 11 is 1.37. The minimum Gasteiger partial charge on any atom is -0.319 e. The van der Waals surface area contributed by atoms with Gasteiger partial charge in [0.05, 0.1) is 11.4 Å². The van der Waals surface area contributed by atoms with Crippen molar-refractivity contribution in [3.05, 3.63) is 46.4 Å². The molecule has 17 heavy (non-hydrogen) atoms. The van der Waals surface area contributed by atoms with E-state index in [0.29, 0.717) is 16.3 Å². The summed E-state index contributed by atoms with van der Waals surface area (Å²) in [6, 6.07) is 9.14. The lowest BCUT2D eigenvalue weighted by Gasteiger charge is -2.04. The van der Waals surface area contributed by atoms with Crippen LogP contribution in [0.1, 0.15) is 5.56 Å². The molecule has 0 bridgehead atoms. The third-order valence-corrected chi connectivity index (χ3v) is 3.03. The van der Waals surface area contributed by atoms with Crippen LogP contribution in [0.4, 0.5) is 0 Å². The Bertz CT molecular complexity index is 628. The van der Waals surface area contributed by atoms with Gasteiger partial charge in [0.25, 0.3) is 5.56 Å². The van der Waals surface area contributed by atoms with E-state index in [1.54, 1.807) is 24.4 Å². The quantitative estimate of drug-likeness (QED) is 0.819. The summed E-state index contributed by atoms with van der Waals surface area (Å²) in [5.74, 6) is 0. The van der Waals surface area contributed by atoms with Crippen LogP contribution in [0, 0.1) is 11.3 Å². The van der Waals surface area contributed by atoms with Crippen molar-refractivity contribution < 1.29 is 0 Å². The van der Waals surface area contributed by atoms with Gasteiger partial charge in [-0.15, -0.1) is 11.8 Å². The first-order chi connectivity index (χ1) is 8.26. The second-order valence-corrected chi connectivity index (χ2v) is 4.13. The van der Waals surface area contributed by atoms with Crippen molar-refractivity contribution >= 4 is 11.8 Å². The second kappa shape index (κ2) is 4.85. The largest absolute Gasteiger partial charge is 0.319 e. The molecule has 0 atom stereocenters. The lowest BCUT2D eigenvalue weighted by atomic mass is 10.2. The molecule has 0 aliphatic rings. The first-order valence-corrected chi connectivity index (χ1v) is 6.11. The Morgan fingerprint density at radius 3 is 2.88 bits per heavy atom. The Labute approximate surface area is 102 Å². The van der Waals surface area contributed by atoms with Gasteiger partial charge < -0.3 is 4.98 Å². The number of H-pyrrole nitrogens is 1. The van der Waals surface area contributed by atoms with Crippen LogP contribution in [0.25, 0.3) is 11.4 Å². The molecule has 4 nitrogen and oxygen atoms in total. The average Bonchev–Trinajstić information content (AvgIpc) is 2.38. The SMILES string of the molecule is CSc1cc(-c2ccccn2)[nH]c(=O)c1C#N. The molecule has 0 spiro atoms. The zero-order chi connectivity index (χ0) is 12.3. The van der Waals surface area contributed by atoms with Crippen molar-refractivity contribution in [3.8, 4) is 17.5 Å². The fourth-order valence-corrected chi connectivity index (χ4v) is 2.04. The number of aromatic amines is 1. The summed E-state index contributed by atoms with van der Waals surface area (Å²) in [5, 5.41) is 8.89. The van der Waals surface area contributed by atoms with Crippen molar-refractivity contribution in [1.82, 2.24) is 9.97 Å². The summed E-state index contributed by atoms with van der Waals surface area (Å²) in [4.78, 5) is 19.2. The van der Waals surface area contributed by atoms with Gasteiger partial charge in [-0.1, -0.05) is 6.07 Å². The van der Waals surface area contributed by atoms with E-state index in [1.165, 1.54) is 11.8 Å². The fourth-order valence-electron chi connectivity index (χ4n) is 1.46. The van der Waals surface area contributed by atoms with E-state index in [1.807, 2.05) is 18.4 Å². The van der Waals surface area contributed by atoms with Crippen LogP contribution in [-0.2, 0) is 0 Å². The van der Waals surface area contributed by atoms with E-state index in [4.69, 9.17) is 5.26 Å². The van der Waals surface area contributed by atoms with Crippen LogP contribution < -0.4 is 5.56 Å². The molecule has 0 saturated heterocycles. The van der Waals surface area contributed by atoms with Crippen molar-refractivity contribution in [2.45, 2.75) is 4.90 Å². The van der Waals surface area contributed by atoms with Crippen molar-refractivity contribution in [2.75, 3.05) is 6.26 Å². The van der Waals surface area contributed by atoms with E-state index in [9.17, 15) is 4.79 Å². The number of thioether (sulfide) groups is 1. The van der Waals surface area contributed by atoms with Crippen LogP contribution in [-0.4, -0.2) is 16.2 Å². The van der Waals surface area contributed by atoms with Gasteiger partial charge in [-0.05, 0) is 24.5 Å². The molecule has 0 amide bonds. The summed E-state index contributed by atoms with van der Waals surface area (Å²) in [6.45, 7) is 0. The average molecular weight is 243 g/mol. The summed E-state index contributed by atoms with van der Waals surface area (Å²) in [6.07, 6.45) is 3.49. The maximum absolute atomic E-state index is 11.7. The van der Waals surface area contributed by atoms with E-state index in [2.05, 4.69) is 9.97 Å². The van der Waals surface area contributed by atoms with E-state index >= 15 is 0 Å². The standard InChI is InChI=1S/C12H9N3OS/c1-17-11-6-10(9-4-2-3-5-14-9)15-12(16)8(11)7-13/h2-6H,1H3,(H,15,16). The van der Waals surface area contributed by atoms with Gasteiger partial charge in [-0.3, -0.25) is 9.78 Å². The highest BCUT2D eigenvalue weighted by Crippen LogP contribution is 2.21. The number of pyridine rings is 2. The molecule has 2 heterocycles. The number of nitriles is 1. The summed E-state index contributed by atoms with van der Waals surface area (Å²) < 4.78 is 0. The number of nitrogens with one attached hydrogen (secondary N) is 1. The fraction of sp³-hybridized carbons (Fsp3) is 0.0833. The minimum absolute atomic E-state index is 0.150. The lowest BCUT2D eigenvalue weighted by Crippen LogP contribution is -2.12. The van der Waals surface area contributed by atoms with Gasteiger partial charge in [-0.25, -0.2) is 0 Å². The van der Waals surface area contributed by atoms with Crippen LogP contribution in [0.15, 0.2) is 40.2 Å². The Balaban J connectivity index is 2.64. The Hall–Kier alpha value is -2.06. The molecule has 1 N–H and O–H groups in total. The molecule has 0 aromatic carbocycles. The van der Waals surface area contributed by atoms with Crippen LogP contribution in [0.3, 0.4) is 0 Å². The zero-order valence-corrected chi connectivity index (χ0v) is 9.91. The lowest BCUT2D eigenvalue weighted by molar-refractivity contribution is 1.14.